The number of carbonyl (C=O) groups is 1. The van der Waals surface area contributed by atoms with Gasteiger partial charge in [0.05, 0.1) is 17.3 Å². The molecule has 32 heavy (non-hydrogen) atoms. The Bertz CT molecular complexity index is 1130. The van der Waals surface area contributed by atoms with Crippen molar-refractivity contribution in [2.24, 2.45) is 11.5 Å². The fraction of sp³-hybridized carbons (Fsp3) is 0.381. The lowest BCUT2D eigenvalue weighted by Gasteiger charge is -2.30. The number of nitrogens with one attached hydrogen (secondary N) is 2. The van der Waals surface area contributed by atoms with Crippen molar-refractivity contribution < 1.29 is 18.0 Å². The summed E-state index contributed by atoms with van der Waals surface area (Å²) in [5.41, 5.74) is 12.5. The number of carbonyl (C=O) groups excluding carboxylic acids is 1. The van der Waals surface area contributed by atoms with Gasteiger partial charge in [0.1, 0.15) is 12.4 Å². The molecule has 0 radical (unpaired) electrons. The van der Waals surface area contributed by atoms with Crippen molar-refractivity contribution in [2.75, 3.05) is 10.6 Å². The molecule has 4 rings (SSSR count). The van der Waals surface area contributed by atoms with E-state index in [1.54, 1.807) is 18.2 Å². The number of pyridine rings is 1. The topological polar surface area (TPSA) is 124 Å². The monoisotopic (exact) mass is 447 g/mol. The number of anilines is 3. The van der Waals surface area contributed by atoms with Gasteiger partial charge >= 0.3 is 0 Å². The second-order valence-electron chi connectivity index (χ2n) is 7.89. The zero-order valence-electron chi connectivity index (χ0n) is 17.2. The minimum absolute atomic E-state index is 0.0225. The van der Waals surface area contributed by atoms with Gasteiger partial charge in [0.15, 0.2) is 11.6 Å². The molecule has 1 saturated carbocycles. The fourth-order valence-electron chi connectivity index (χ4n) is 3.97. The van der Waals surface area contributed by atoms with E-state index in [-0.39, 0.29) is 29.3 Å². The number of nitrogens with two attached hydrogens (primary N) is 2. The Kier molecular flexibility index (Phi) is 6.17. The average Bonchev–Trinajstić information content (AvgIpc) is 3.13. The van der Waals surface area contributed by atoms with Crippen LogP contribution in [-0.2, 0) is 6.54 Å². The van der Waals surface area contributed by atoms with Crippen molar-refractivity contribution in [2.45, 2.75) is 50.7 Å². The second-order valence-corrected chi connectivity index (χ2v) is 7.89. The molecule has 1 aromatic carbocycles. The number of benzene rings is 1. The van der Waals surface area contributed by atoms with Gasteiger partial charge in [0, 0.05) is 23.2 Å². The predicted octanol–water partition coefficient (Wildman–Crippen LogP) is 3.36. The molecule has 170 valence electrons. The first kappa shape index (κ1) is 21.9. The van der Waals surface area contributed by atoms with Crippen LogP contribution in [0.15, 0.2) is 30.5 Å². The highest BCUT2D eigenvalue weighted by Crippen LogP contribution is 2.28. The molecular formula is C21H24F3N7O. The number of hydrogen-bond donors (Lipinski definition) is 4. The molecule has 1 aliphatic carbocycles. The molecule has 1 amide bonds. The Morgan fingerprint density at radius 2 is 2.00 bits per heavy atom. The molecule has 6 N–H and O–H groups in total. The van der Waals surface area contributed by atoms with Gasteiger partial charge in [0.25, 0.3) is 12.3 Å². The SMILES string of the molecule is NC(=O)c1cc(F)c(N[C@@H]2CCCCC2N)nc1Nc1ccc2c(cnn2CC(F)F)c1. The van der Waals surface area contributed by atoms with Gasteiger partial charge in [-0.15, -0.1) is 0 Å². The summed E-state index contributed by atoms with van der Waals surface area (Å²) in [5.74, 6) is -1.49. The molecule has 2 heterocycles. The summed E-state index contributed by atoms with van der Waals surface area (Å²) in [5, 5.41) is 10.6. The quantitative estimate of drug-likeness (QED) is 0.440. The van der Waals surface area contributed by atoms with Crippen molar-refractivity contribution >= 4 is 34.1 Å². The van der Waals surface area contributed by atoms with Crippen LogP contribution in [0.25, 0.3) is 10.9 Å². The first-order valence-corrected chi connectivity index (χ1v) is 10.3. The molecule has 8 nitrogen and oxygen atoms in total. The fourth-order valence-corrected chi connectivity index (χ4v) is 3.97. The number of rotatable bonds is 7. The number of fused-ring (bicyclic) bond motifs is 1. The number of primary amides is 1. The Hall–Kier alpha value is -3.34. The third-order valence-electron chi connectivity index (χ3n) is 5.60. The minimum atomic E-state index is -2.53. The van der Waals surface area contributed by atoms with Crippen molar-refractivity contribution in [3.05, 3.63) is 41.8 Å². The van der Waals surface area contributed by atoms with Crippen molar-refractivity contribution in [1.29, 1.82) is 0 Å². The number of amides is 1. The number of alkyl halides is 2. The maximum atomic E-state index is 14.7. The highest BCUT2D eigenvalue weighted by atomic mass is 19.3. The Morgan fingerprint density at radius 1 is 1.22 bits per heavy atom. The molecule has 0 bridgehead atoms. The first-order chi connectivity index (χ1) is 15.3. The van der Waals surface area contributed by atoms with E-state index >= 15 is 0 Å². The van der Waals surface area contributed by atoms with Gasteiger partial charge in [-0.05, 0) is 37.1 Å². The predicted molar refractivity (Wildman–Crippen MR) is 116 cm³/mol. The van der Waals surface area contributed by atoms with Crippen LogP contribution in [0, 0.1) is 5.82 Å². The third kappa shape index (κ3) is 4.62. The maximum Gasteiger partial charge on any atom is 0.257 e. The van der Waals surface area contributed by atoms with E-state index in [0.717, 1.165) is 31.7 Å². The molecule has 2 atom stereocenters. The summed E-state index contributed by atoms with van der Waals surface area (Å²) in [7, 11) is 0. The lowest BCUT2D eigenvalue weighted by Crippen LogP contribution is -2.43. The third-order valence-corrected chi connectivity index (χ3v) is 5.60. The molecule has 1 aliphatic rings. The van der Waals surface area contributed by atoms with Crippen LogP contribution in [0.4, 0.5) is 30.5 Å². The zero-order valence-corrected chi connectivity index (χ0v) is 17.2. The number of aromatic nitrogens is 3. The summed E-state index contributed by atoms with van der Waals surface area (Å²) in [6, 6.07) is 5.71. The normalized spacial score (nSPS) is 18.8. The van der Waals surface area contributed by atoms with Crippen LogP contribution in [0.5, 0.6) is 0 Å². The lowest BCUT2D eigenvalue weighted by atomic mass is 9.91. The molecule has 1 fully saturated rings. The number of hydrogen-bond acceptors (Lipinski definition) is 6. The van der Waals surface area contributed by atoms with Crippen LogP contribution in [0.1, 0.15) is 36.0 Å². The molecular weight excluding hydrogens is 423 g/mol. The first-order valence-electron chi connectivity index (χ1n) is 10.3. The van der Waals surface area contributed by atoms with Gasteiger partial charge in [-0.1, -0.05) is 12.8 Å². The van der Waals surface area contributed by atoms with Crippen molar-refractivity contribution in [3.63, 3.8) is 0 Å². The Balaban J connectivity index is 1.63. The molecule has 0 saturated heterocycles. The van der Waals surface area contributed by atoms with E-state index in [9.17, 15) is 18.0 Å². The number of halogens is 3. The van der Waals surface area contributed by atoms with E-state index in [1.165, 1.54) is 10.9 Å². The largest absolute Gasteiger partial charge is 0.365 e. The molecule has 3 aromatic rings. The van der Waals surface area contributed by atoms with Gasteiger partial charge < -0.3 is 22.1 Å². The molecule has 0 spiro atoms. The number of nitrogens with zero attached hydrogens (tertiary/aromatic N) is 3. The second kappa shape index (κ2) is 9.03. The minimum Gasteiger partial charge on any atom is -0.365 e. The van der Waals surface area contributed by atoms with Gasteiger partial charge in [0.2, 0.25) is 0 Å². The van der Waals surface area contributed by atoms with Gasteiger partial charge in [-0.2, -0.15) is 5.10 Å². The molecule has 11 heteroatoms. The Labute approximate surface area is 182 Å². The smallest absolute Gasteiger partial charge is 0.257 e. The van der Waals surface area contributed by atoms with Crippen LogP contribution >= 0.6 is 0 Å². The van der Waals surface area contributed by atoms with Crippen LogP contribution < -0.4 is 22.1 Å². The molecule has 0 aliphatic heterocycles. The Morgan fingerprint density at radius 3 is 2.72 bits per heavy atom. The molecule has 1 unspecified atom stereocenters. The van der Waals surface area contributed by atoms with Crippen molar-refractivity contribution in [1.82, 2.24) is 14.8 Å². The van der Waals surface area contributed by atoms with Crippen LogP contribution in [0.2, 0.25) is 0 Å². The maximum absolute atomic E-state index is 14.7. The average molecular weight is 447 g/mol. The standard InChI is InChI=1S/C21H24F3N7O/c22-14-8-13(19(26)32)20(30-21(14)29-16-4-2-1-3-15(16)25)28-12-5-6-17-11(7-12)9-27-31(17)10-18(23)24/h5-9,15-16,18H,1-4,10,25H2,(H2,26,32)(H2,28,29,30)/t15?,16-/m1/s1. The summed E-state index contributed by atoms with van der Waals surface area (Å²) in [6.45, 7) is -0.514. The van der Waals surface area contributed by atoms with Crippen LogP contribution in [-0.4, -0.2) is 39.2 Å². The van der Waals surface area contributed by atoms with Crippen LogP contribution in [0.3, 0.4) is 0 Å². The van der Waals surface area contributed by atoms with Gasteiger partial charge in [-0.3, -0.25) is 9.48 Å². The summed E-state index contributed by atoms with van der Waals surface area (Å²) < 4.78 is 41.3. The molecule has 2 aromatic heterocycles. The van der Waals surface area contributed by atoms with E-state index in [0.29, 0.717) is 16.6 Å². The summed E-state index contributed by atoms with van der Waals surface area (Å²) >= 11 is 0. The summed E-state index contributed by atoms with van der Waals surface area (Å²) in [4.78, 5) is 16.2. The van der Waals surface area contributed by atoms with Gasteiger partial charge in [-0.25, -0.2) is 18.2 Å². The van der Waals surface area contributed by atoms with E-state index in [4.69, 9.17) is 11.5 Å². The summed E-state index contributed by atoms with van der Waals surface area (Å²) in [6.07, 6.45) is 2.58. The van der Waals surface area contributed by atoms with E-state index in [1.807, 2.05) is 0 Å². The van der Waals surface area contributed by atoms with E-state index in [2.05, 4.69) is 20.7 Å². The lowest BCUT2D eigenvalue weighted by molar-refractivity contribution is 0.1000. The highest BCUT2D eigenvalue weighted by molar-refractivity contribution is 5.99. The zero-order chi connectivity index (χ0) is 22.8. The van der Waals surface area contributed by atoms with E-state index < -0.39 is 24.7 Å². The van der Waals surface area contributed by atoms with Crippen molar-refractivity contribution in [3.8, 4) is 0 Å². The highest BCUT2D eigenvalue weighted by Gasteiger charge is 2.24.